The molecule has 0 fully saturated rings. The van der Waals surface area contributed by atoms with Gasteiger partial charge in [0.2, 0.25) is 0 Å². The van der Waals surface area contributed by atoms with Crippen LogP contribution in [0.15, 0.2) is 90.0 Å². The molecule has 0 radical (unpaired) electrons. The Hall–Kier alpha value is -1.96. The van der Waals surface area contributed by atoms with Crippen LogP contribution in [0.5, 0.6) is 0 Å². The van der Waals surface area contributed by atoms with E-state index in [9.17, 15) is 0 Å². The van der Waals surface area contributed by atoms with Gasteiger partial charge in [-0.25, -0.2) is 0 Å². The number of benzene rings is 4. The van der Waals surface area contributed by atoms with E-state index in [-0.39, 0.29) is 18.1 Å². The van der Waals surface area contributed by atoms with Crippen LogP contribution in [0.4, 0.5) is 0 Å². The van der Waals surface area contributed by atoms with Crippen molar-refractivity contribution in [2.75, 3.05) is 0 Å². The van der Waals surface area contributed by atoms with Crippen molar-refractivity contribution < 1.29 is 15.6 Å². The van der Waals surface area contributed by atoms with Gasteiger partial charge in [0.25, 0.3) is 0 Å². The number of rotatable bonds is 7. The summed E-state index contributed by atoms with van der Waals surface area (Å²) in [5.74, 6) is -1.27. The third-order valence-corrected chi connectivity index (χ3v) is 64.1. The van der Waals surface area contributed by atoms with Crippen molar-refractivity contribution in [3.8, 4) is 22.3 Å². The minimum absolute atomic E-state index is 0.0772. The van der Waals surface area contributed by atoms with Crippen LogP contribution in [0.2, 0.25) is 13.1 Å². The monoisotopic (exact) mass is 797 g/mol. The summed E-state index contributed by atoms with van der Waals surface area (Å²) in [6.45, 7) is 27.9. The normalized spacial score (nSPS) is 19.1. The average molecular weight is 800 g/mol. The molecule has 2 aliphatic rings. The summed E-state index contributed by atoms with van der Waals surface area (Å²) in [7, 11) is 17.5. The predicted octanol–water partition coefficient (Wildman–Crippen LogP) is 14.5. The van der Waals surface area contributed by atoms with Crippen molar-refractivity contribution in [3.05, 3.63) is 129 Å². The summed E-state index contributed by atoms with van der Waals surface area (Å²) < 4.78 is 0.159. The molecular formula is C46H57Cl2SiZr. The molecule has 4 heteroatoms. The van der Waals surface area contributed by atoms with Crippen molar-refractivity contribution >= 4 is 35.1 Å². The van der Waals surface area contributed by atoms with Crippen LogP contribution >= 0.6 is 17.0 Å². The molecule has 6 rings (SSSR count). The fourth-order valence-corrected chi connectivity index (χ4v) is 41.0. The van der Waals surface area contributed by atoms with Crippen LogP contribution < -0.4 is 0 Å². The summed E-state index contributed by atoms with van der Waals surface area (Å²) in [6.07, 6.45) is 6.03. The fraction of sp³-hybridized carbons (Fsp3) is 0.391. The van der Waals surface area contributed by atoms with Crippen molar-refractivity contribution in [1.29, 1.82) is 0 Å². The maximum absolute atomic E-state index is 8.75. The van der Waals surface area contributed by atoms with E-state index in [2.05, 4.69) is 173 Å². The Bertz CT molecular complexity index is 2000. The Morgan fingerprint density at radius 3 is 1.68 bits per heavy atom. The quantitative estimate of drug-likeness (QED) is 0.163. The van der Waals surface area contributed by atoms with Gasteiger partial charge in [-0.1, -0.05) is 0 Å². The molecule has 0 N–H and O–H groups in total. The molecule has 0 amide bonds. The molecule has 50 heavy (non-hydrogen) atoms. The topological polar surface area (TPSA) is 0 Å². The van der Waals surface area contributed by atoms with Crippen LogP contribution in [0.25, 0.3) is 34.4 Å². The third-order valence-electron chi connectivity index (χ3n) is 12.2. The first-order valence-electron chi connectivity index (χ1n) is 18.7. The molecule has 2 aliphatic carbocycles. The van der Waals surface area contributed by atoms with Gasteiger partial charge in [0.05, 0.1) is 0 Å². The summed E-state index contributed by atoms with van der Waals surface area (Å²) >= 11 is -4.89. The van der Waals surface area contributed by atoms with Gasteiger partial charge in [0, 0.05) is 0 Å². The van der Waals surface area contributed by atoms with E-state index in [1.165, 1.54) is 72.3 Å². The van der Waals surface area contributed by atoms with E-state index < -0.39 is 21.5 Å². The van der Waals surface area contributed by atoms with Crippen molar-refractivity contribution in [3.63, 3.8) is 0 Å². The Kier molecular flexibility index (Phi) is 9.95. The maximum atomic E-state index is 8.75. The first kappa shape index (κ1) is 37.8. The number of fused-ring (bicyclic) bond motifs is 2. The van der Waals surface area contributed by atoms with Gasteiger partial charge >= 0.3 is 315 Å². The zero-order chi connectivity index (χ0) is 36.6. The Morgan fingerprint density at radius 2 is 1.20 bits per heavy atom. The standard InChI is InChI=1S/C23H27.C21H23.C2H7Si.2ClH.Zr/c1-6-16(2)19-14-18-8-7-9-21(22(18)15-19)17-10-12-20(13-11-17)23(3,4)5;1-14-12-19-15(2)6-11-18(20(19)13-14)16-7-9-17(10-8-16)21(3,4)5;1-3-2;;;/h7-16H,6H2,1-5H3;6-13H,1-5H3;3H,1-2H3;2*1H;/q;;;;;+2/p-2. The van der Waals surface area contributed by atoms with Gasteiger partial charge in [-0.05, 0) is 0 Å². The van der Waals surface area contributed by atoms with Gasteiger partial charge in [-0.2, -0.15) is 0 Å². The molecule has 4 aromatic carbocycles. The number of hydrogen-bond donors (Lipinski definition) is 0. The molecule has 3 atom stereocenters. The number of allylic oxidation sites excluding steroid dienone is 2. The van der Waals surface area contributed by atoms with Gasteiger partial charge in [0.1, 0.15) is 0 Å². The fourth-order valence-electron chi connectivity index (χ4n) is 8.87. The molecular weight excluding hydrogens is 743 g/mol. The number of hydrogen-bond acceptors (Lipinski definition) is 0. The summed E-state index contributed by atoms with van der Waals surface area (Å²) in [5, 5.41) is 0. The third kappa shape index (κ3) is 6.17. The van der Waals surface area contributed by atoms with Crippen LogP contribution in [0.3, 0.4) is 0 Å². The molecule has 3 unspecified atom stereocenters. The summed E-state index contributed by atoms with van der Waals surface area (Å²) in [6, 6.07) is 30.0. The van der Waals surface area contributed by atoms with Gasteiger partial charge < -0.3 is 0 Å². The molecule has 0 aromatic heterocycles. The molecule has 4 aromatic rings. The average Bonchev–Trinajstić information content (AvgIpc) is 3.64. The molecule has 0 saturated carbocycles. The van der Waals surface area contributed by atoms with E-state index in [1.807, 2.05) is 0 Å². The summed E-state index contributed by atoms with van der Waals surface area (Å²) in [5.41, 5.74) is 17.6. The Labute approximate surface area is 312 Å². The van der Waals surface area contributed by atoms with Gasteiger partial charge in [-0.3, -0.25) is 0 Å². The second-order valence-corrected chi connectivity index (χ2v) is 60.3. The Balaban J connectivity index is 1.55. The zero-order valence-corrected chi connectivity index (χ0v) is 37.6. The van der Waals surface area contributed by atoms with Crippen LogP contribution in [0, 0.1) is 12.8 Å². The molecule has 0 nitrogen and oxygen atoms in total. The SMILES string of the molecule is CCC(C)C1=Cc2c(-c3ccc(C(C)(C)C)cc3)cccc2[CH]1[Zr]([Cl])([Cl])([CH]1C(C)=Cc2c(-c3ccc(C(C)(C)C)cc3)ccc(C)c21)[SiH](C)C. The van der Waals surface area contributed by atoms with Crippen LogP contribution in [-0.4, -0.2) is 5.92 Å². The Morgan fingerprint density at radius 1 is 0.680 bits per heavy atom. The van der Waals surface area contributed by atoms with Crippen molar-refractivity contribution in [2.45, 2.75) is 107 Å². The van der Waals surface area contributed by atoms with Crippen molar-refractivity contribution in [1.82, 2.24) is 0 Å². The molecule has 0 aliphatic heterocycles. The van der Waals surface area contributed by atoms with E-state index in [1.54, 1.807) is 0 Å². The molecule has 0 saturated heterocycles. The van der Waals surface area contributed by atoms with Gasteiger partial charge in [-0.15, -0.1) is 0 Å². The number of halogens is 2. The summed E-state index contributed by atoms with van der Waals surface area (Å²) in [4.78, 5) is 0. The molecule has 0 heterocycles. The number of aryl methyl sites for hydroxylation is 1. The predicted molar refractivity (Wildman–Crippen MR) is 223 cm³/mol. The second kappa shape index (κ2) is 13.2. The van der Waals surface area contributed by atoms with Gasteiger partial charge in [0.15, 0.2) is 0 Å². The van der Waals surface area contributed by atoms with E-state index in [4.69, 9.17) is 17.0 Å². The van der Waals surface area contributed by atoms with Crippen LogP contribution in [-0.2, 0) is 26.4 Å². The molecule has 0 spiro atoms. The molecule has 263 valence electrons. The second-order valence-electron chi connectivity index (χ2n) is 17.8. The first-order chi connectivity index (χ1) is 23.3. The zero-order valence-electron chi connectivity index (χ0n) is 32.4. The molecule has 0 bridgehead atoms. The first-order valence-corrected chi connectivity index (χ1v) is 35.0. The van der Waals surface area contributed by atoms with Crippen LogP contribution in [0.1, 0.15) is 115 Å². The van der Waals surface area contributed by atoms with E-state index in [0.29, 0.717) is 5.92 Å². The van der Waals surface area contributed by atoms with E-state index >= 15 is 0 Å². The van der Waals surface area contributed by atoms with E-state index in [0.717, 1.165) is 6.42 Å². The minimum atomic E-state index is -4.89. The van der Waals surface area contributed by atoms with Crippen molar-refractivity contribution in [2.24, 2.45) is 5.92 Å².